The van der Waals surface area contributed by atoms with Crippen molar-refractivity contribution in [3.05, 3.63) is 47.3 Å². The number of likely N-dealkylation sites (N-methyl/N-ethyl adjacent to an activating group) is 1. The summed E-state index contributed by atoms with van der Waals surface area (Å²) in [5, 5.41) is 3.89. The van der Waals surface area contributed by atoms with E-state index in [9.17, 15) is 4.79 Å². The first-order chi connectivity index (χ1) is 9.63. The highest BCUT2D eigenvalue weighted by atomic mass is 16.5. The van der Waals surface area contributed by atoms with Gasteiger partial charge in [0.2, 0.25) is 0 Å². The van der Waals surface area contributed by atoms with Crippen molar-refractivity contribution in [3.8, 4) is 5.75 Å². The van der Waals surface area contributed by atoms with Gasteiger partial charge in [0.05, 0.1) is 6.54 Å². The molecule has 104 valence electrons. The summed E-state index contributed by atoms with van der Waals surface area (Å²) in [4.78, 5) is 14.0. The molecule has 20 heavy (non-hydrogen) atoms. The van der Waals surface area contributed by atoms with Crippen LogP contribution in [-0.4, -0.2) is 29.1 Å². The maximum absolute atomic E-state index is 12.4. The van der Waals surface area contributed by atoms with Gasteiger partial charge in [-0.3, -0.25) is 4.79 Å². The smallest absolute Gasteiger partial charge is 0.264 e. The molecule has 1 aliphatic rings. The Morgan fingerprint density at radius 3 is 2.95 bits per heavy atom. The molecule has 1 atom stereocenters. The molecule has 0 radical (unpaired) electrons. The predicted molar refractivity (Wildman–Crippen MR) is 72.3 cm³/mol. The summed E-state index contributed by atoms with van der Waals surface area (Å²) < 4.78 is 10.7. The quantitative estimate of drug-likeness (QED) is 0.857. The summed E-state index contributed by atoms with van der Waals surface area (Å²) in [5.41, 5.74) is 1.82. The Morgan fingerprint density at radius 1 is 1.45 bits per heavy atom. The minimum absolute atomic E-state index is 0.0400. The molecule has 0 unspecified atom stereocenters. The molecule has 1 amide bonds. The van der Waals surface area contributed by atoms with Gasteiger partial charge in [0.1, 0.15) is 17.2 Å². The lowest BCUT2D eigenvalue weighted by Gasteiger charge is -2.19. The Labute approximate surface area is 117 Å². The molecule has 2 aromatic rings. The number of hydrogen-bond donors (Lipinski definition) is 0. The SMILES string of the molecule is Cc1cc(CN(C)C(=O)[C@@H]2Cc3ccccc3O2)no1. The molecule has 0 aliphatic carbocycles. The van der Waals surface area contributed by atoms with Crippen LogP contribution in [0.15, 0.2) is 34.9 Å². The van der Waals surface area contributed by atoms with Gasteiger partial charge in [-0.1, -0.05) is 23.4 Å². The Kier molecular flexibility index (Phi) is 3.18. The first-order valence-corrected chi connectivity index (χ1v) is 6.55. The van der Waals surface area contributed by atoms with E-state index in [0.717, 1.165) is 22.8 Å². The number of fused-ring (bicyclic) bond motifs is 1. The maximum atomic E-state index is 12.4. The van der Waals surface area contributed by atoms with Crippen LogP contribution < -0.4 is 4.74 Å². The van der Waals surface area contributed by atoms with Crippen LogP contribution in [0.4, 0.5) is 0 Å². The topological polar surface area (TPSA) is 55.6 Å². The van der Waals surface area contributed by atoms with E-state index in [1.165, 1.54) is 0 Å². The van der Waals surface area contributed by atoms with Crippen LogP contribution in [0.5, 0.6) is 5.75 Å². The minimum Gasteiger partial charge on any atom is -0.480 e. The zero-order valence-corrected chi connectivity index (χ0v) is 11.5. The molecule has 0 saturated carbocycles. The zero-order valence-electron chi connectivity index (χ0n) is 11.5. The van der Waals surface area contributed by atoms with Gasteiger partial charge in [-0.2, -0.15) is 0 Å². The van der Waals surface area contributed by atoms with Gasteiger partial charge in [0.15, 0.2) is 6.10 Å². The van der Waals surface area contributed by atoms with E-state index in [0.29, 0.717) is 13.0 Å². The summed E-state index contributed by atoms with van der Waals surface area (Å²) >= 11 is 0. The molecule has 1 aromatic carbocycles. The molecule has 1 aliphatic heterocycles. The fraction of sp³-hybridized carbons (Fsp3) is 0.333. The average molecular weight is 272 g/mol. The molecular weight excluding hydrogens is 256 g/mol. The van der Waals surface area contributed by atoms with E-state index in [-0.39, 0.29) is 5.91 Å². The Bertz CT molecular complexity index is 611. The monoisotopic (exact) mass is 272 g/mol. The molecule has 0 spiro atoms. The van der Waals surface area contributed by atoms with Gasteiger partial charge in [-0.15, -0.1) is 0 Å². The number of para-hydroxylation sites is 1. The third-order valence-corrected chi connectivity index (χ3v) is 3.37. The van der Waals surface area contributed by atoms with Crippen LogP contribution >= 0.6 is 0 Å². The first kappa shape index (κ1) is 12.7. The number of aromatic nitrogens is 1. The van der Waals surface area contributed by atoms with Crippen LogP contribution in [0.25, 0.3) is 0 Å². The van der Waals surface area contributed by atoms with Crippen LogP contribution in [-0.2, 0) is 17.8 Å². The number of rotatable bonds is 3. The highest BCUT2D eigenvalue weighted by Gasteiger charge is 2.31. The lowest BCUT2D eigenvalue weighted by Crippen LogP contribution is -2.38. The summed E-state index contributed by atoms with van der Waals surface area (Å²) in [6.07, 6.45) is 0.183. The van der Waals surface area contributed by atoms with Gasteiger partial charge in [-0.25, -0.2) is 0 Å². The summed E-state index contributed by atoms with van der Waals surface area (Å²) in [6, 6.07) is 9.58. The Morgan fingerprint density at radius 2 is 2.25 bits per heavy atom. The van der Waals surface area contributed by atoms with Gasteiger partial charge in [-0.05, 0) is 18.6 Å². The van der Waals surface area contributed by atoms with Crippen LogP contribution in [0.1, 0.15) is 17.0 Å². The highest BCUT2D eigenvalue weighted by Crippen LogP contribution is 2.28. The van der Waals surface area contributed by atoms with Crippen LogP contribution in [0.3, 0.4) is 0 Å². The number of ether oxygens (including phenoxy) is 1. The molecule has 3 rings (SSSR count). The lowest BCUT2D eigenvalue weighted by atomic mass is 10.1. The van der Waals surface area contributed by atoms with E-state index >= 15 is 0 Å². The molecular formula is C15H16N2O3. The molecule has 2 heterocycles. The van der Waals surface area contributed by atoms with Crippen molar-refractivity contribution in [2.24, 2.45) is 0 Å². The third kappa shape index (κ3) is 2.39. The molecule has 5 nitrogen and oxygen atoms in total. The van der Waals surface area contributed by atoms with E-state index in [1.807, 2.05) is 37.3 Å². The summed E-state index contributed by atoms with van der Waals surface area (Å²) in [7, 11) is 1.75. The molecule has 1 aromatic heterocycles. The van der Waals surface area contributed by atoms with Gasteiger partial charge in [0, 0.05) is 19.5 Å². The second-order valence-corrected chi connectivity index (χ2v) is 5.04. The van der Waals surface area contributed by atoms with Gasteiger partial charge >= 0.3 is 0 Å². The van der Waals surface area contributed by atoms with E-state index in [2.05, 4.69) is 5.16 Å². The second kappa shape index (κ2) is 5.00. The summed E-state index contributed by atoms with van der Waals surface area (Å²) in [5.74, 6) is 1.50. The van der Waals surface area contributed by atoms with Crippen molar-refractivity contribution in [3.63, 3.8) is 0 Å². The van der Waals surface area contributed by atoms with E-state index in [4.69, 9.17) is 9.26 Å². The van der Waals surface area contributed by atoms with E-state index < -0.39 is 6.10 Å². The second-order valence-electron chi connectivity index (χ2n) is 5.04. The number of nitrogens with zero attached hydrogens (tertiary/aromatic N) is 2. The van der Waals surface area contributed by atoms with Crippen LogP contribution in [0, 0.1) is 6.92 Å². The average Bonchev–Trinajstić information content (AvgIpc) is 3.03. The molecule has 5 heteroatoms. The molecule has 0 fully saturated rings. The molecule has 0 bridgehead atoms. The largest absolute Gasteiger partial charge is 0.480 e. The lowest BCUT2D eigenvalue weighted by molar-refractivity contribution is -0.137. The fourth-order valence-electron chi connectivity index (χ4n) is 2.38. The number of carbonyl (C=O) groups is 1. The van der Waals surface area contributed by atoms with Crippen molar-refractivity contribution in [1.82, 2.24) is 10.1 Å². The van der Waals surface area contributed by atoms with Gasteiger partial charge in [0.25, 0.3) is 5.91 Å². The van der Waals surface area contributed by atoms with Crippen molar-refractivity contribution in [1.29, 1.82) is 0 Å². The minimum atomic E-state index is -0.439. The third-order valence-electron chi connectivity index (χ3n) is 3.37. The predicted octanol–water partition coefficient (Wildman–Crippen LogP) is 1.95. The first-order valence-electron chi connectivity index (χ1n) is 6.55. The summed E-state index contributed by atoms with van der Waals surface area (Å²) in [6.45, 7) is 2.25. The number of hydrogen-bond acceptors (Lipinski definition) is 4. The number of carbonyl (C=O) groups excluding carboxylic acids is 1. The zero-order chi connectivity index (χ0) is 14.1. The molecule has 0 saturated heterocycles. The fourth-order valence-corrected chi connectivity index (χ4v) is 2.38. The normalized spacial score (nSPS) is 16.6. The van der Waals surface area contributed by atoms with Gasteiger partial charge < -0.3 is 14.2 Å². The van der Waals surface area contributed by atoms with Crippen molar-refractivity contribution >= 4 is 5.91 Å². The number of aryl methyl sites for hydroxylation is 1. The Hall–Kier alpha value is -2.30. The standard InChI is InChI=1S/C15H16N2O3/c1-10-7-12(16-20-10)9-17(2)15(18)14-8-11-5-3-4-6-13(11)19-14/h3-7,14H,8-9H2,1-2H3/t14-/m0/s1. The van der Waals surface area contributed by atoms with Crippen molar-refractivity contribution < 1.29 is 14.1 Å². The molecule has 0 N–H and O–H groups in total. The van der Waals surface area contributed by atoms with E-state index in [1.54, 1.807) is 11.9 Å². The maximum Gasteiger partial charge on any atom is 0.264 e. The number of benzene rings is 1. The highest BCUT2D eigenvalue weighted by molar-refractivity contribution is 5.82. The van der Waals surface area contributed by atoms with Crippen LogP contribution in [0.2, 0.25) is 0 Å². The van der Waals surface area contributed by atoms with Crippen molar-refractivity contribution in [2.75, 3.05) is 7.05 Å². The van der Waals surface area contributed by atoms with Crippen molar-refractivity contribution in [2.45, 2.75) is 26.0 Å². The number of amides is 1. The Balaban J connectivity index is 1.65.